The second-order valence-corrected chi connectivity index (χ2v) is 7.24. The molecule has 0 spiro atoms. The Morgan fingerprint density at radius 3 is 1.42 bits per heavy atom. The first-order valence-corrected chi connectivity index (χ1v) is 12.4. The summed E-state index contributed by atoms with van der Waals surface area (Å²) in [5.74, 6) is 1.18. The summed E-state index contributed by atoms with van der Waals surface area (Å²) in [7, 11) is 0. The number of hydrogen-bond acceptors (Lipinski definition) is 11. The molecule has 0 rings (SSSR count). The van der Waals surface area contributed by atoms with Gasteiger partial charge in [0.1, 0.15) is 0 Å². The predicted octanol–water partition coefficient (Wildman–Crippen LogP) is -0.557. The van der Waals surface area contributed by atoms with Gasteiger partial charge in [0, 0.05) is 19.5 Å². The molecule has 0 aromatic rings. The van der Waals surface area contributed by atoms with Gasteiger partial charge in [0.25, 0.3) is 0 Å². The van der Waals surface area contributed by atoms with Crippen LogP contribution in [0.15, 0.2) is 0 Å². The number of nitrogens with one attached hydrogen (secondary N) is 2. The summed E-state index contributed by atoms with van der Waals surface area (Å²) in [5.41, 5.74) is 0. The van der Waals surface area contributed by atoms with E-state index in [1.54, 1.807) is 0 Å². The number of hydrogen-bond donors (Lipinski definition) is 3. The highest BCUT2D eigenvalue weighted by atomic mass is 16.6. The van der Waals surface area contributed by atoms with Crippen molar-refractivity contribution < 1.29 is 57.4 Å². The molecule has 2 amide bonds. The molecule has 0 unspecified atom stereocenters. The van der Waals surface area contributed by atoms with Crippen molar-refractivity contribution in [1.82, 2.24) is 10.6 Å². The summed E-state index contributed by atoms with van der Waals surface area (Å²) < 4.78 is 41.7. The molecule has 0 aliphatic rings. The molecule has 3 N–H and O–H groups in total. The minimum absolute atomic E-state index is 0.0192. The fourth-order valence-electron chi connectivity index (χ4n) is 2.36. The SMILES string of the molecule is C#CCOC(=O)NCCOCCOCCOCCC(=O)NCCOCCOCCOCCOCCC(=O)O. The minimum Gasteiger partial charge on any atom is -0.481 e. The van der Waals surface area contributed by atoms with Crippen LogP contribution >= 0.6 is 0 Å². The second kappa shape index (κ2) is 29.1. The Hall–Kier alpha value is -2.51. The zero-order valence-corrected chi connectivity index (χ0v) is 22.0. The highest BCUT2D eigenvalue weighted by Gasteiger charge is 2.02. The number of terminal acetylenes is 1. The van der Waals surface area contributed by atoms with Crippen molar-refractivity contribution in [2.45, 2.75) is 12.8 Å². The zero-order valence-electron chi connectivity index (χ0n) is 22.0. The van der Waals surface area contributed by atoms with Crippen LogP contribution in [0.4, 0.5) is 4.79 Å². The monoisotopic (exact) mass is 550 g/mol. The molecule has 0 aromatic heterocycles. The van der Waals surface area contributed by atoms with E-state index < -0.39 is 12.1 Å². The van der Waals surface area contributed by atoms with Crippen LogP contribution in [0, 0.1) is 12.3 Å². The predicted molar refractivity (Wildman–Crippen MR) is 134 cm³/mol. The lowest BCUT2D eigenvalue weighted by Crippen LogP contribution is -2.28. The van der Waals surface area contributed by atoms with E-state index in [0.29, 0.717) is 99.0 Å². The Morgan fingerprint density at radius 1 is 0.579 bits per heavy atom. The molecule has 0 saturated heterocycles. The zero-order chi connectivity index (χ0) is 27.9. The van der Waals surface area contributed by atoms with Crippen molar-refractivity contribution in [1.29, 1.82) is 0 Å². The van der Waals surface area contributed by atoms with E-state index in [4.69, 9.17) is 44.7 Å². The van der Waals surface area contributed by atoms with Gasteiger partial charge in [-0.2, -0.15) is 0 Å². The summed E-state index contributed by atoms with van der Waals surface area (Å²) in [6.07, 6.45) is 4.61. The standard InChI is InChI=1S/C24H42N2O12/c1-2-7-38-24(30)26-6-11-34-15-19-35-16-12-31-8-3-22(27)25-5-10-33-14-18-37-21-20-36-17-13-32-9-4-23(28)29/h1H,3-21H2,(H,25,27)(H,26,30)(H,28,29). The van der Waals surface area contributed by atoms with Gasteiger partial charge in [0.2, 0.25) is 5.91 Å². The summed E-state index contributed by atoms with van der Waals surface area (Å²) in [4.78, 5) is 33.1. The number of aliphatic carboxylic acids is 1. The Kier molecular flexibility index (Phi) is 27.1. The lowest BCUT2D eigenvalue weighted by Gasteiger charge is -2.09. The van der Waals surface area contributed by atoms with E-state index in [2.05, 4.69) is 21.3 Å². The average molecular weight is 551 g/mol. The number of carboxylic acid groups (broad SMARTS) is 1. The molecule has 14 heteroatoms. The molecular formula is C24H42N2O12. The van der Waals surface area contributed by atoms with Crippen molar-refractivity contribution in [3.63, 3.8) is 0 Å². The Bertz CT molecular complexity index is 630. The first-order chi connectivity index (χ1) is 18.6. The average Bonchev–Trinajstić information content (AvgIpc) is 2.90. The molecule has 0 radical (unpaired) electrons. The molecule has 0 aliphatic carbocycles. The molecule has 0 fully saturated rings. The van der Waals surface area contributed by atoms with Crippen LogP contribution in [0.1, 0.15) is 12.8 Å². The van der Waals surface area contributed by atoms with Crippen molar-refractivity contribution in [3.05, 3.63) is 0 Å². The van der Waals surface area contributed by atoms with Gasteiger partial charge < -0.3 is 53.6 Å². The quantitative estimate of drug-likeness (QED) is 0.0840. The van der Waals surface area contributed by atoms with Gasteiger partial charge in [-0.1, -0.05) is 5.92 Å². The lowest BCUT2D eigenvalue weighted by atomic mass is 10.4. The van der Waals surface area contributed by atoms with Crippen molar-refractivity contribution in [2.24, 2.45) is 0 Å². The Morgan fingerprint density at radius 2 is 0.974 bits per heavy atom. The molecule has 0 heterocycles. The molecule has 0 bridgehead atoms. The highest BCUT2D eigenvalue weighted by Crippen LogP contribution is 1.87. The maximum Gasteiger partial charge on any atom is 0.408 e. The van der Waals surface area contributed by atoms with E-state index >= 15 is 0 Å². The van der Waals surface area contributed by atoms with Gasteiger partial charge >= 0.3 is 12.1 Å². The van der Waals surface area contributed by atoms with Gasteiger partial charge in [0.15, 0.2) is 6.61 Å². The number of ether oxygens (including phenoxy) is 8. The van der Waals surface area contributed by atoms with E-state index in [-0.39, 0.29) is 32.0 Å². The molecule has 0 aliphatic heterocycles. The van der Waals surface area contributed by atoms with E-state index in [9.17, 15) is 14.4 Å². The summed E-state index contributed by atoms with van der Waals surface area (Å²) in [5, 5.41) is 13.7. The number of carbonyl (C=O) groups is 3. The third-order valence-electron chi connectivity index (χ3n) is 4.16. The van der Waals surface area contributed by atoms with Crippen molar-refractivity contribution in [2.75, 3.05) is 112 Å². The second-order valence-electron chi connectivity index (χ2n) is 7.24. The number of carboxylic acids is 1. The van der Waals surface area contributed by atoms with Gasteiger partial charge in [-0.25, -0.2) is 4.79 Å². The Balaban J connectivity index is 3.21. The molecule has 14 nitrogen and oxygen atoms in total. The molecule has 220 valence electrons. The number of alkyl carbamates (subject to hydrolysis) is 1. The number of amides is 2. The van der Waals surface area contributed by atoms with E-state index in [0.717, 1.165) is 0 Å². The lowest BCUT2D eigenvalue weighted by molar-refractivity contribution is -0.138. The highest BCUT2D eigenvalue weighted by molar-refractivity contribution is 5.75. The summed E-state index contributed by atoms with van der Waals surface area (Å²) >= 11 is 0. The molecule has 0 aromatic carbocycles. The summed E-state index contributed by atoms with van der Waals surface area (Å²) in [6.45, 7) is 5.68. The largest absolute Gasteiger partial charge is 0.481 e. The smallest absolute Gasteiger partial charge is 0.408 e. The topological polar surface area (TPSA) is 169 Å². The molecule has 0 saturated carbocycles. The van der Waals surface area contributed by atoms with Gasteiger partial charge in [-0.3, -0.25) is 9.59 Å². The maximum atomic E-state index is 11.7. The molecule has 38 heavy (non-hydrogen) atoms. The number of carbonyl (C=O) groups excluding carboxylic acids is 2. The van der Waals surface area contributed by atoms with Crippen LogP contribution in [0.5, 0.6) is 0 Å². The Labute approximate surface area is 223 Å². The van der Waals surface area contributed by atoms with Crippen molar-refractivity contribution >= 4 is 18.0 Å². The number of rotatable bonds is 28. The minimum atomic E-state index is -0.890. The molecular weight excluding hydrogens is 508 g/mol. The van der Waals surface area contributed by atoms with Crippen LogP contribution < -0.4 is 10.6 Å². The van der Waals surface area contributed by atoms with Crippen LogP contribution in [0.25, 0.3) is 0 Å². The van der Waals surface area contributed by atoms with Gasteiger partial charge in [-0.05, 0) is 0 Å². The maximum absolute atomic E-state index is 11.7. The van der Waals surface area contributed by atoms with Crippen LogP contribution in [-0.4, -0.2) is 135 Å². The summed E-state index contributed by atoms with van der Waals surface area (Å²) in [6, 6.07) is 0. The fourth-order valence-corrected chi connectivity index (χ4v) is 2.36. The van der Waals surface area contributed by atoms with Crippen LogP contribution in [0.3, 0.4) is 0 Å². The van der Waals surface area contributed by atoms with E-state index in [1.807, 2.05) is 0 Å². The fraction of sp³-hybridized carbons (Fsp3) is 0.792. The van der Waals surface area contributed by atoms with E-state index in [1.165, 1.54) is 0 Å². The van der Waals surface area contributed by atoms with Crippen LogP contribution in [0.2, 0.25) is 0 Å². The first-order valence-electron chi connectivity index (χ1n) is 12.4. The third-order valence-corrected chi connectivity index (χ3v) is 4.16. The van der Waals surface area contributed by atoms with Crippen LogP contribution in [-0.2, 0) is 47.5 Å². The van der Waals surface area contributed by atoms with Gasteiger partial charge in [-0.15, -0.1) is 6.42 Å². The first kappa shape index (κ1) is 35.5. The van der Waals surface area contributed by atoms with Gasteiger partial charge in [0.05, 0.1) is 98.9 Å². The molecule has 0 atom stereocenters. The third kappa shape index (κ3) is 29.7. The normalized spacial score (nSPS) is 10.6. The van der Waals surface area contributed by atoms with Crippen molar-refractivity contribution in [3.8, 4) is 12.3 Å².